The van der Waals surface area contributed by atoms with Gasteiger partial charge in [-0.3, -0.25) is 0 Å². The Balaban J connectivity index is 2.69. The summed E-state index contributed by atoms with van der Waals surface area (Å²) in [4.78, 5) is 4.36. The van der Waals surface area contributed by atoms with Crippen molar-refractivity contribution in [3.63, 3.8) is 0 Å². The van der Waals surface area contributed by atoms with E-state index in [9.17, 15) is 0 Å². The highest BCUT2D eigenvalue weighted by Gasteiger charge is 2.19. The lowest BCUT2D eigenvalue weighted by molar-refractivity contribution is 0.390. The molecular formula is C13H16BrN3O2. The third-order valence-corrected chi connectivity index (χ3v) is 4.00. The predicted molar refractivity (Wildman–Crippen MR) is 78.6 cm³/mol. The first-order chi connectivity index (χ1) is 9.01. The average Bonchev–Trinajstić information content (AvgIpc) is 2.66. The molecule has 0 aliphatic heterocycles. The molecule has 2 N–H and O–H groups in total. The number of anilines is 1. The van der Waals surface area contributed by atoms with Crippen LogP contribution in [0.5, 0.6) is 11.5 Å². The van der Waals surface area contributed by atoms with E-state index in [1.165, 1.54) is 0 Å². The van der Waals surface area contributed by atoms with Crippen molar-refractivity contribution >= 4 is 21.9 Å². The van der Waals surface area contributed by atoms with Crippen LogP contribution in [0.1, 0.15) is 5.56 Å². The van der Waals surface area contributed by atoms with Gasteiger partial charge in [0.05, 0.1) is 14.2 Å². The summed E-state index contributed by atoms with van der Waals surface area (Å²) >= 11 is 3.49. The first-order valence-electron chi connectivity index (χ1n) is 5.70. The van der Waals surface area contributed by atoms with Gasteiger partial charge in [-0.25, -0.2) is 4.98 Å². The molecule has 6 heteroatoms. The van der Waals surface area contributed by atoms with Gasteiger partial charge < -0.3 is 19.8 Å². The second-order valence-electron chi connectivity index (χ2n) is 4.14. The molecule has 0 aliphatic carbocycles. The van der Waals surface area contributed by atoms with Crippen LogP contribution in [0, 0.1) is 6.92 Å². The molecule has 5 nitrogen and oxygen atoms in total. The van der Waals surface area contributed by atoms with Gasteiger partial charge in [-0.05, 0) is 35.0 Å². The zero-order chi connectivity index (χ0) is 14.2. The number of nitrogens with two attached hydrogens (primary N) is 1. The van der Waals surface area contributed by atoms with Gasteiger partial charge in [-0.1, -0.05) is 0 Å². The van der Waals surface area contributed by atoms with Crippen LogP contribution in [0.15, 0.2) is 16.7 Å². The van der Waals surface area contributed by atoms with Crippen LogP contribution in [0.4, 0.5) is 5.95 Å². The molecule has 1 aromatic heterocycles. The van der Waals surface area contributed by atoms with E-state index in [2.05, 4.69) is 20.9 Å². The second kappa shape index (κ2) is 5.13. The molecule has 1 heterocycles. The number of rotatable bonds is 3. The molecule has 0 fully saturated rings. The summed E-state index contributed by atoms with van der Waals surface area (Å²) in [7, 11) is 5.11. The quantitative estimate of drug-likeness (QED) is 0.942. The molecule has 2 rings (SSSR count). The van der Waals surface area contributed by atoms with Gasteiger partial charge >= 0.3 is 0 Å². The fraction of sp³-hybridized carbons (Fsp3) is 0.308. The van der Waals surface area contributed by atoms with Gasteiger partial charge in [0.2, 0.25) is 5.95 Å². The summed E-state index contributed by atoms with van der Waals surface area (Å²) < 4.78 is 13.4. The zero-order valence-corrected chi connectivity index (χ0v) is 12.9. The van der Waals surface area contributed by atoms with E-state index >= 15 is 0 Å². The number of methoxy groups -OCH3 is 2. The molecule has 19 heavy (non-hydrogen) atoms. The summed E-state index contributed by atoms with van der Waals surface area (Å²) in [5, 5.41) is 0. The van der Waals surface area contributed by atoms with E-state index in [0.29, 0.717) is 5.95 Å². The number of aromatic nitrogens is 2. The first kappa shape index (κ1) is 13.7. The van der Waals surface area contributed by atoms with Crippen molar-refractivity contribution in [3.8, 4) is 22.8 Å². The monoisotopic (exact) mass is 325 g/mol. The number of nitrogens with zero attached hydrogens (tertiary/aromatic N) is 2. The summed E-state index contributed by atoms with van der Waals surface area (Å²) in [5.41, 5.74) is 8.38. The van der Waals surface area contributed by atoms with Gasteiger partial charge in [0.15, 0.2) is 0 Å². The third-order valence-electron chi connectivity index (χ3n) is 3.10. The summed E-state index contributed by atoms with van der Waals surface area (Å²) in [6.45, 7) is 1.95. The minimum Gasteiger partial charge on any atom is -0.496 e. The van der Waals surface area contributed by atoms with Crippen molar-refractivity contribution < 1.29 is 9.47 Å². The highest BCUT2D eigenvalue weighted by Crippen LogP contribution is 2.40. The van der Waals surface area contributed by atoms with Crippen molar-refractivity contribution in [1.82, 2.24) is 9.55 Å². The molecule has 0 radical (unpaired) electrons. The van der Waals surface area contributed by atoms with Crippen LogP contribution in [-0.4, -0.2) is 23.8 Å². The standard InChI is InChI=1S/C13H16BrN3O2/c1-7-9(18-3)6-5-8(11(7)19-4)10-12(14)17(2)13(15)16-10/h5-6H,1-4H3,(H2,15,16). The molecular weight excluding hydrogens is 310 g/mol. The number of hydrogen-bond acceptors (Lipinski definition) is 4. The van der Waals surface area contributed by atoms with E-state index in [0.717, 1.165) is 32.9 Å². The molecule has 0 amide bonds. The van der Waals surface area contributed by atoms with E-state index in [4.69, 9.17) is 15.2 Å². The molecule has 0 aliphatic rings. The Morgan fingerprint density at radius 2 is 1.95 bits per heavy atom. The Bertz CT molecular complexity index is 623. The van der Waals surface area contributed by atoms with Gasteiger partial charge in [0.25, 0.3) is 0 Å². The van der Waals surface area contributed by atoms with Crippen LogP contribution < -0.4 is 15.2 Å². The Kier molecular flexibility index (Phi) is 3.71. The fourth-order valence-corrected chi connectivity index (χ4v) is 2.49. The topological polar surface area (TPSA) is 62.3 Å². The molecule has 1 aromatic carbocycles. The molecule has 0 saturated carbocycles. The zero-order valence-electron chi connectivity index (χ0n) is 11.3. The smallest absolute Gasteiger partial charge is 0.201 e. The van der Waals surface area contributed by atoms with Crippen molar-refractivity contribution in [1.29, 1.82) is 0 Å². The molecule has 0 atom stereocenters. The average molecular weight is 326 g/mol. The van der Waals surface area contributed by atoms with Gasteiger partial charge in [-0.2, -0.15) is 0 Å². The SMILES string of the molecule is COc1ccc(-c2nc(N)n(C)c2Br)c(OC)c1C. The maximum absolute atomic E-state index is 5.82. The number of hydrogen-bond donors (Lipinski definition) is 1. The van der Waals surface area contributed by atoms with Crippen LogP contribution in [-0.2, 0) is 7.05 Å². The Labute approximate surface area is 120 Å². The summed E-state index contributed by atoms with van der Waals surface area (Å²) in [6.07, 6.45) is 0. The maximum atomic E-state index is 5.82. The lowest BCUT2D eigenvalue weighted by atomic mass is 10.1. The van der Waals surface area contributed by atoms with E-state index in [1.54, 1.807) is 18.8 Å². The van der Waals surface area contributed by atoms with E-state index in [1.807, 2.05) is 26.1 Å². The molecule has 0 spiro atoms. The molecule has 2 aromatic rings. The lowest BCUT2D eigenvalue weighted by Crippen LogP contribution is -1.96. The van der Waals surface area contributed by atoms with Crippen LogP contribution in [0.25, 0.3) is 11.3 Å². The van der Waals surface area contributed by atoms with Crippen molar-refractivity contribution in [2.75, 3.05) is 20.0 Å². The lowest BCUT2D eigenvalue weighted by Gasteiger charge is -2.13. The number of benzene rings is 1. The van der Waals surface area contributed by atoms with Crippen LogP contribution in [0.2, 0.25) is 0 Å². The minimum absolute atomic E-state index is 0.442. The van der Waals surface area contributed by atoms with Gasteiger partial charge in [0, 0.05) is 18.2 Å². The molecule has 0 bridgehead atoms. The molecule has 0 saturated heterocycles. The van der Waals surface area contributed by atoms with Crippen LogP contribution >= 0.6 is 15.9 Å². The van der Waals surface area contributed by atoms with Crippen molar-refractivity contribution in [3.05, 3.63) is 22.3 Å². The van der Waals surface area contributed by atoms with Gasteiger partial charge in [-0.15, -0.1) is 0 Å². The fourth-order valence-electron chi connectivity index (χ4n) is 2.01. The summed E-state index contributed by atoms with van der Waals surface area (Å²) in [5.74, 6) is 1.95. The van der Waals surface area contributed by atoms with Gasteiger partial charge in [0.1, 0.15) is 21.8 Å². The number of halogens is 1. The minimum atomic E-state index is 0.442. The number of ether oxygens (including phenoxy) is 2. The van der Waals surface area contributed by atoms with Crippen LogP contribution in [0.3, 0.4) is 0 Å². The first-order valence-corrected chi connectivity index (χ1v) is 6.50. The maximum Gasteiger partial charge on any atom is 0.201 e. The van der Waals surface area contributed by atoms with E-state index < -0.39 is 0 Å². The predicted octanol–water partition coefficient (Wildman–Crippen LogP) is 2.76. The molecule has 102 valence electrons. The Morgan fingerprint density at radius 3 is 2.42 bits per heavy atom. The van der Waals surface area contributed by atoms with Crippen molar-refractivity contribution in [2.24, 2.45) is 7.05 Å². The highest BCUT2D eigenvalue weighted by atomic mass is 79.9. The summed E-state index contributed by atoms with van der Waals surface area (Å²) in [6, 6.07) is 3.81. The highest BCUT2D eigenvalue weighted by molar-refractivity contribution is 9.10. The Morgan fingerprint density at radius 1 is 1.26 bits per heavy atom. The van der Waals surface area contributed by atoms with Crippen molar-refractivity contribution in [2.45, 2.75) is 6.92 Å². The normalized spacial score (nSPS) is 10.6. The number of imidazole rings is 1. The molecule has 0 unspecified atom stereocenters. The second-order valence-corrected chi connectivity index (χ2v) is 4.89. The third kappa shape index (κ3) is 2.16. The Hall–Kier alpha value is -1.69. The number of nitrogen functional groups attached to an aromatic ring is 1. The van der Waals surface area contributed by atoms with E-state index in [-0.39, 0.29) is 0 Å². The largest absolute Gasteiger partial charge is 0.496 e.